The van der Waals surface area contributed by atoms with Gasteiger partial charge in [-0.1, -0.05) is 0 Å². The number of nitrogens with zero attached hydrogens (tertiary/aromatic N) is 6. The van der Waals surface area contributed by atoms with Crippen LogP contribution in [0.3, 0.4) is 0 Å². The van der Waals surface area contributed by atoms with E-state index in [-0.39, 0.29) is 17.4 Å². The predicted octanol–water partition coefficient (Wildman–Crippen LogP) is 6.62. The fourth-order valence-corrected chi connectivity index (χ4v) is 7.09. The van der Waals surface area contributed by atoms with Gasteiger partial charge in [0.05, 0.1) is 22.8 Å². The Morgan fingerprint density at radius 1 is 0.340 bits per heavy atom. The Labute approximate surface area is 318 Å². The second-order valence-corrected chi connectivity index (χ2v) is 13.5. The van der Waals surface area contributed by atoms with E-state index >= 15 is 0 Å². The van der Waals surface area contributed by atoms with Gasteiger partial charge in [0.15, 0.2) is 49.6 Å². The molecule has 253 valence electrons. The number of aryl methyl sites for hydroxylation is 4. The van der Waals surface area contributed by atoms with Gasteiger partial charge in [-0.2, -0.15) is 0 Å². The van der Waals surface area contributed by atoms with Crippen LogP contribution >= 0.6 is 0 Å². The van der Waals surface area contributed by atoms with Crippen LogP contribution in [0.25, 0.3) is 90.9 Å². The van der Waals surface area contributed by atoms with Crippen molar-refractivity contribution >= 4 is 46.4 Å². The van der Waals surface area contributed by atoms with E-state index in [1.54, 1.807) is 0 Å². The molecule has 2 aliphatic heterocycles. The molecule has 53 heavy (non-hydrogen) atoms. The summed E-state index contributed by atoms with van der Waals surface area (Å²) in [5.74, 6) is 0. The summed E-state index contributed by atoms with van der Waals surface area (Å²) in [7, 11) is 8.14. The van der Waals surface area contributed by atoms with Crippen LogP contribution < -0.4 is 18.3 Å². The molecule has 0 aromatic carbocycles. The molecule has 0 saturated heterocycles. The van der Waals surface area contributed by atoms with Gasteiger partial charge in [0.25, 0.3) is 0 Å². The van der Waals surface area contributed by atoms with Gasteiger partial charge in [-0.05, 0) is 70.8 Å². The van der Waals surface area contributed by atoms with E-state index in [9.17, 15) is 0 Å². The Hall–Kier alpha value is -6.27. The minimum Gasteiger partial charge on any atom is -0.354 e. The number of aromatic amines is 2. The van der Waals surface area contributed by atoms with Crippen molar-refractivity contribution in [3.05, 3.63) is 145 Å². The molecule has 2 N–H and O–H groups in total. The fraction of sp³-hybridized carbons (Fsp3) is 0.0909. The summed E-state index contributed by atoms with van der Waals surface area (Å²) >= 11 is 0. The average molecular weight is 731 g/mol. The summed E-state index contributed by atoms with van der Waals surface area (Å²) in [4.78, 5) is 18.4. The maximum Gasteiger partial charge on any atom is 3.00 e. The molecule has 0 aliphatic carbocycles. The van der Waals surface area contributed by atoms with Crippen LogP contribution in [0.15, 0.2) is 122 Å². The van der Waals surface area contributed by atoms with Crippen molar-refractivity contribution in [2.75, 3.05) is 0 Å². The summed E-state index contributed by atoms with van der Waals surface area (Å²) in [6, 6.07) is 25.8. The van der Waals surface area contributed by atoms with Crippen LogP contribution in [0.4, 0.5) is 0 Å². The molecule has 8 bridgehead atoms. The Balaban J connectivity index is 0.00000400. The molecular formula is C44H38CrN8+7. The number of aromatic nitrogens is 8. The van der Waals surface area contributed by atoms with Crippen molar-refractivity contribution in [2.45, 2.75) is 0 Å². The molecule has 1 radical (unpaired) electrons. The van der Waals surface area contributed by atoms with E-state index in [0.717, 1.165) is 89.4 Å². The van der Waals surface area contributed by atoms with Crippen LogP contribution in [0.2, 0.25) is 0 Å². The summed E-state index contributed by atoms with van der Waals surface area (Å²) in [6.07, 6.45) is 25.2. The largest absolute Gasteiger partial charge is 3.00 e. The third-order valence-electron chi connectivity index (χ3n) is 9.82. The van der Waals surface area contributed by atoms with Gasteiger partial charge in [0, 0.05) is 92.9 Å². The molecule has 0 spiro atoms. The number of H-pyrrole nitrogens is 2. The monoisotopic (exact) mass is 730 g/mol. The molecule has 0 amide bonds. The van der Waals surface area contributed by atoms with Gasteiger partial charge >= 0.3 is 17.4 Å². The predicted molar refractivity (Wildman–Crippen MR) is 205 cm³/mol. The first-order chi connectivity index (χ1) is 25.4. The van der Waals surface area contributed by atoms with E-state index in [4.69, 9.17) is 9.97 Å². The Kier molecular flexibility index (Phi) is 8.75. The van der Waals surface area contributed by atoms with Gasteiger partial charge in [-0.15, -0.1) is 0 Å². The maximum absolute atomic E-state index is 5.39. The van der Waals surface area contributed by atoms with E-state index in [1.807, 2.05) is 46.5 Å². The quantitative estimate of drug-likeness (QED) is 0.200. The normalized spacial score (nSPS) is 11.8. The van der Waals surface area contributed by atoms with Crippen LogP contribution in [0.1, 0.15) is 22.8 Å². The molecule has 9 heteroatoms. The number of pyridine rings is 4. The summed E-state index contributed by atoms with van der Waals surface area (Å²) < 4.78 is 8.20. The first kappa shape index (κ1) is 33.9. The minimum atomic E-state index is 0. The topological polar surface area (TPSA) is 72.9 Å². The van der Waals surface area contributed by atoms with Crippen LogP contribution in [-0.4, -0.2) is 19.9 Å². The minimum absolute atomic E-state index is 0. The van der Waals surface area contributed by atoms with Crippen molar-refractivity contribution < 1.29 is 35.6 Å². The first-order valence-electron chi connectivity index (χ1n) is 17.4. The van der Waals surface area contributed by atoms with Crippen molar-refractivity contribution in [2.24, 2.45) is 28.2 Å². The van der Waals surface area contributed by atoms with E-state index < -0.39 is 0 Å². The number of hydrogen-bond donors (Lipinski definition) is 2. The maximum atomic E-state index is 5.39. The molecule has 0 unspecified atom stereocenters. The number of hydrogen-bond acceptors (Lipinski definition) is 2. The summed E-state index contributed by atoms with van der Waals surface area (Å²) in [5.41, 5.74) is 15.9. The van der Waals surface area contributed by atoms with Crippen molar-refractivity contribution in [3.63, 3.8) is 0 Å². The molecule has 8 nitrogen and oxygen atoms in total. The van der Waals surface area contributed by atoms with E-state index in [0.29, 0.717) is 0 Å². The van der Waals surface area contributed by atoms with Gasteiger partial charge < -0.3 is 9.97 Å². The Morgan fingerprint density at radius 2 is 0.547 bits per heavy atom. The van der Waals surface area contributed by atoms with Gasteiger partial charge in [0.1, 0.15) is 28.2 Å². The molecule has 7 aromatic rings. The zero-order valence-electron chi connectivity index (χ0n) is 29.9. The molecule has 9 heterocycles. The molecule has 7 aromatic heterocycles. The Bertz CT molecular complexity index is 2370. The summed E-state index contributed by atoms with van der Waals surface area (Å²) in [5, 5.41) is 0. The molecule has 0 fully saturated rings. The SMILES string of the molecule is C[n+]1ccc(-c2c3nc(c(-c4cc[n+](C)cc4)c4ccc([nH]4)c(-c4cc[n+](C)cc4)c4nc(c(-c5cc[n+](C)cc5)c5ccc2[nH]5)C=C4)C=C3)cc1.[Cr+3]. The van der Waals surface area contributed by atoms with Gasteiger partial charge in [-0.3, -0.25) is 0 Å². The fourth-order valence-electron chi connectivity index (χ4n) is 7.09. The molecule has 2 aliphatic rings. The standard InChI is InChI=1S/C44H37N8.Cr/c1-49-21-13-29(14-22-49)41-33-5-7-35(45-33)42(30-15-23-50(2)24-16-30)37-9-11-39(47-37)44(32-19-27-52(4)28-20-32)40-12-10-38(48-40)43(36-8-6-34(41)46-36)31-17-25-51(3)26-18-31;/h5-28H,1-4H3,(H,45,46,47,48);/q2*+3/p+1. The van der Waals surface area contributed by atoms with Crippen LogP contribution in [0.5, 0.6) is 0 Å². The Morgan fingerprint density at radius 3 is 0.755 bits per heavy atom. The van der Waals surface area contributed by atoms with E-state index in [2.05, 4.69) is 157 Å². The average Bonchev–Trinajstić information content (AvgIpc) is 3.99. The second kappa shape index (κ2) is 13.7. The molecule has 0 atom stereocenters. The van der Waals surface area contributed by atoms with Gasteiger partial charge in [-0.25, -0.2) is 28.2 Å². The van der Waals surface area contributed by atoms with Crippen molar-refractivity contribution in [1.82, 2.24) is 19.9 Å². The zero-order valence-corrected chi connectivity index (χ0v) is 31.2. The number of nitrogens with one attached hydrogen (secondary N) is 2. The molecule has 9 rings (SSSR count). The third-order valence-corrected chi connectivity index (χ3v) is 9.82. The van der Waals surface area contributed by atoms with Gasteiger partial charge in [0.2, 0.25) is 0 Å². The zero-order chi connectivity index (χ0) is 35.3. The first-order valence-corrected chi connectivity index (χ1v) is 17.4. The van der Waals surface area contributed by atoms with Crippen LogP contribution in [-0.2, 0) is 45.6 Å². The number of fused-ring (bicyclic) bond motifs is 8. The molecular weight excluding hydrogens is 693 g/mol. The van der Waals surface area contributed by atoms with Crippen molar-refractivity contribution in [3.8, 4) is 44.5 Å². The van der Waals surface area contributed by atoms with E-state index in [1.165, 1.54) is 0 Å². The second-order valence-electron chi connectivity index (χ2n) is 13.5. The smallest absolute Gasteiger partial charge is 0.354 e. The third kappa shape index (κ3) is 6.31. The van der Waals surface area contributed by atoms with Crippen molar-refractivity contribution in [1.29, 1.82) is 0 Å². The van der Waals surface area contributed by atoms with Crippen LogP contribution in [0, 0.1) is 0 Å². The molecule has 0 saturated carbocycles. The number of rotatable bonds is 4. The summed E-state index contributed by atoms with van der Waals surface area (Å²) in [6.45, 7) is 0.